The fourth-order valence-corrected chi connectivity index (χ4v) is 7.68. The number of amides is 4. The maximum atomic E-state index is 14.2. The van der Waals surface area contributed by atoms with Crippen molar-refractivity contribution in [2.75, 3.05) is 36.6 Å². The maximum absolute atomic E-state index is 14.2. The molecule has 9 heteroatoms. The van der Waals surface area contributed by atoms with E-state index in [-0.39, 0.29) is 24.0 Å². The molecule has 2 atom stereocenters. The van der Waals surface area contributed by atoms with E-state index in [1.54, 1.807) is 12.1 Å². The number of hydrogen-bond acceptors (Lipinski definition) is 6. The Morgan fingerprint density at radius 2 is 1.52 bits per heavy atom. The van der Waals surface area contributed by atoms with Gasteiger partial charge in [-0.2, -0.15) is 0 Å². The second-order valence-corrected chi connectivity index (χ2v) is 12.8. The number of hydrogen-bond donors (Lipinski definition) is 1. The quantitative estimate of drug-likeness (QED) is 0.127. The Morgan fingerprint density at radius 1 is 0.917 bits per heavy atom. The van der Waals surface area contributed by atoms with Gasteiger partial charge in [-0.15, -0.1) is 6.42 Å². The molecule has 1 saturated heterocycles. The van der Waals surface area contributed by atoms with Gasteiger partial charge in [0, 0.05) is 30.6 Å². The average Bonchev–Trinajstić information content (AvgIpc) is 3.10. The zero-order valence-electron chi connectivity index (χ0n) is 26.2. The molecular weight excluding hydrogens is 670 g/mol. The van der Waals surface area contributed by atoms with Crippen molar-refractivity contribution in [3.8, 4) is 23.8 Å². The molecule has 4 aromatic carbocycles. The molecule has 0 aromatic heterocycles. The Bertz CT molecular complexity index is 1930. The molecule has 3 aliphatic heterocycles. The van der Waals surface area contributed by atoms with E-state index in [1.165, 1.54) is 30.0 Å². The number of benzene rings is 4. The number of nitrogens with one attached hydrogen (secondary N) is 1. The van der Waals surface area contributed by atoms with Crippen LogP contribution in [-0.2, 0) is 9.59 Å². The standard InChI is InChI=1S/C39H32BrN3O5/c1-3-18-48-36-33(40)20-24(21-34(36)47-2)19-32-37(44)41-39(46)43(38(32)45)27-22-30-28(25-10-6-4-7-11-25)14-16-42-17-15-29(31(23-27)35(30)42)26-12-8-5-9-13-26/h1,4-13,19-23,28-29H,14-18H2,2H3,(H,41,44,46)/b32-19+/t28-,29-/m0/s1. The zero-order chi connectivity index (χ0) is 33.4. The van der Waals surface area contributed by atoms with Crippen LogP contribution >= 0.6 is 15.9 Å². The van der Waals surface area contributed by atoms with Gasteiger partial charge in [0.15, 0.2) is 11.5 Å². The van der Waals surface area contributed by atoms with Gasteiger partial charge in [-0.3, -0.25) is 14.9 Å². The van der Waals surface area contributed by atoms with Crippen LogP contribution in [-0.4, -0.2) is 44.7 Å². The van der Waals surface area contributed by atoms with Crippen molar-refractivity contribution in [1.82, 2.24) is 5.32 Å². The third kappa shape index (κ3) is 5.62. The lowest BCUT2D eigenvalue weighted by atomic mass is 9.76. The van der Waals surface area contributed by atoms with Crippen LogP contribution in [0.2, 0.25) is 0 Å². The normalized spacial score (nSPS) is 19.4. The highest BCUT2D eigenvalue weighted by Gasteiger charge is 2.40. The van der Waals surface area contributed by atoms with Gasteiger partial charge in [-0.05, 0) is 86.9 Å². The lowest BCUT2D eigenvalue weighted by Crippen LogP contribution is -2.54. The summed E-state index contributed by atoms with van der Waals surface area (Å²) in [5.74, 6) is 1.83. The number of methoxy groups -OCH3 is 1. The number of nitrogens with zero attached hydrogens (tertiary/aromatic N) is 2. The van der Waals surface area contributed by atoms with Crippen molar-refractivity contribution in [1.29, 1.82) is 0 Å². The van der Waals surface area contributed by atoms with Crippen molar-refractivity contribution in [2.45, 2.75) is 24.7 Å². The maximum Gasteiger partial charge on any atom is 0.335 e. The van der Waals surface area contributed by atoms with Crippen LogP contribution in [0.25, 0.3) is 6.08 Å². The van der Waals surface area contributed by atoms with E-state index in [0.29, 0.717) is 27.2 Å². The summed E-state index contributed by atoms with van der Waals surface area (Å²) in [5.41, 5.74) is 6.39. The third-order valence-electron chi connectivity index (χ3n) is 9.22. The first-order chi connectivity index (χ1) is 23.4. The summed E-state index contributed by atoms with van der Waals surface area (Å²) in [6.07, 6.45) is 8.60. The fraction of sp³-hybridized carbons (Fsp3) is 0.205. The SMILES string of the molecule is C#CCOc1c(Br)cc(/C=C2\C(=O)NC(=O)N(c3cc4c5c(c3)[C@H](c3ccccc3)CCN5CC[C@H]4c3ccccc3)C2=O)cc1OC. The van der Waals surface area contributed by atoms with Crippen molar-refractivity contribution in [2.24, 2.45) is 0 Å². The molecule has 48 heavy (non-hydrogen) atoms. The van der Waals surface area contributed by atoms with Gasteiger partial charge in [-0.25, -0.2) is 9.69 Å². The zero-order valence-corrected chi connectivity index (χ0v) is 27.8. The first-order valence-corrected chi connectivity index (χ1v) is 16.5. The van der Waals surface area contributed by atoms with Gasteiger partial charge >= 0.3 is 6.03 Å². The Morgan fingerprint density at radius 3 is 2.08 bits per heavy atom. The van der Waals surface area contributed by atoms with Crippen LogP contribution in [0, 0.1) is 12.3 Å². The van der Waals surface area contributed by atoms with Crippen molar-refractivity contribution >= 4 is 51.2 Å². The number of ether oxygens (including phenoxy) is 2. The Hall–Kier alpha value is -5.33. The molecule has 4 amide bonds. The van der Waals surface area contributed by atoms with Crippen LogP contribution in [0.4, 0.5) is 16.2 Å². The molecule has 4 aromatic rings. The smallest absolute Gasteiger partial charge is 0.335 e. The van der Waals surface area contributed by atoms with E-state index in [2.05, 4.69) is 56.3 Å². The number of barbiturate groups is 1. The molecule has 3 aliphatic rings. The van der Waals surface area contributed by atoms with Gasteiger partial charge < -0.3 is 14.4 Å². The molecule has 0 spiro atoms. The van der Waals surface area contributed by atoms with Gasteiger partial charge in [0.25, 0.3) is 11.8 Å². The third-order valence-corrected chi connectivity index (χ3v) is 9.81. The number of carbonyl (C=O) groups is 3. The number of anilines is 2. The van der Waals surface area contributed by atoms with Crippen molar-refractivity contribution < 1.29 is 23.9 Å². The molecule has 0 bridgehead atoms. The van der Waals surface area contributed by atoms with Crippen LogP contribution < -0.4 is 24.6 Å². The Balaban J connectivity index is 1.35. The number of halogens is 1. The van der Waals surface area contributed by atoms with Gasteiger partial charge in [0.05, 0.1) is 17.3 Å². The summed E-state index contributed by atoms with van der Waals surface area (Å²) in [4.78, 5) is 44.5. The highest BCUT2D eigenvalue weighted by atomic mass is 79.9. The number of urea groups is 1. The molecule has 0 saturated carbocycles. The van der Waals surface area contributed by atoms with E-state index in [0.717, 1.165) is 42.0 Å². The highest BCUT2D eigenvalue weighted by molar-refractivity contribution is 9.10. The van der Waals surface area contributed by atoms with Gasteiger partial charge in [0.2, 0.25) is 0 Å². The van der Waals surface area contributed by atoms with E-state index >= 15 is 0 Å². The predicted octanol–water partition coefficient (Wildman–Crippen LogP) is 7.01. The van der Waals surface area contributed by atoms with Crippen LogP contribution in [0.15, 0.2) is 95.0 Å². The lowest BCUT2D eigenvalue weighted by molar-refractivity contribution is -0.122. The molecular formula is C39H32BrN3O5. The molecule has 8 nitrogen and oxygen atoms in total. The molecule has 1 N–H and O–H groups in total. The van der Waals surface area contributed by atoms with Crippen molar-refractivity contribution in [3.05, 3.63) is 123 Å². The number of rotatable bonds is 7. The average molecular weight is 703 g/mol. The van der Waals surface area contributed by atoms with E-state index in [4.69, 9.17) is 15.9 Å². The fourth-order valence-electron chi connectivity index (χ4n) is 7.10. The monoisotopic (exact) mass is 701 g/mol. The second-order valence-electron chi connectivity index (χ2n) is 11.9. The number of terminal acetylenes is 1. The predicted molar refractivity (Wildman–Crippen MR) is 188 cm³/mol. The molecule has 3 heterocycles. The summed E-state index contributed by atoms with van der Waals surface area (Å²) in [5, 5.41) is 2.40. The molecule has 0 radical (unpaired) electrons. The molecule has 0 unspecified atom stereocenters. The van der Waals surface area contributed by atoms with Crippen molar-refractivity contribution in [3.63, 3.8) is 0 Å². The summed E-state index contributed by atoms with van der Waals surface area (Å²) < 4.78 is 11.6. The number of carbonyl (C=O) groups excluding carboxylic acids is 3. The van der Waals surface area contributed by atoms with E-state index in [9.17, 15) is 14.4 Å². The lowest BCUT2D eigenvalue weighted by Gasteiger charge is -2.44. The minimum absolute atomic E-state index is 0.0319. The van der Waals surface area contributed by atoms with Gasteiger partial charge in [0.1, 0.15) is 12.2 Å². The highest BCUT2D eigenvalue weighted by Crippen LogP contribution is 2.50. The first-order valence-electron chi connectivity index (χ1n) is 15.8. The van der Waals surface area contributed by atoms with Crippen LogP contribution in [0.3, 0.4) is 0 Å². The summed E-state index contributed by atoms with van der Waals surface area (Å²) >= 11 is 3.48. The summed E-state index contributed by atoms with van der Waals surface area (Å²) in [6, 6.07) is 27.1. The Kier molecular flexibility index (Phi) is 8.50. The minimum Gasteiger partial charge on any atom is -0.493 e. The summed E-state index contributed by atoms with van der Waals surface area (Å²) in [7, 11) is 1.48. The minimum atomic E-state index is -0.790. The first kappa shape index (κ1) is 31.3. The summed E-state index contributed by atoms with van der Waals surface area (Å²) in [6.45, 7) is 1.86. The largest absolute Gasteiger partial charge is 0.493 e. The Labute approximate surface area is 287 Å². The van der Waals surface area contributed by atoms with Gasteiger partial charge in [-0.1, -0.05) is 66.6 Å². The molecule has 0 aliphatic carbocycles. The topological polar surface area (TPSA) is 88.2 Å². The molecule has 240 valence electrons. The molecule has 1 fully saturated rings. The van der Waals surface area contributed by atoms with Crippen LogP contribution in [0.1, 0.15) is 52.5 Å². The van der Waals surface area contributed by atoms with Crippen LogP contribution in [0.5, 0.6) is 11.5 Å². The van der Waals surface area contributed by atoms with E-state index < -0.39 is 17.8 Å². The molecule has 7 rings (SSSR count). The second kappa shape index (κ2) is 13.1. The number of imide groups is 2. The van der Waals surface area contributed by atoms with E-state index in [1.807, 2.05) is 48.5 Å².